The second-order valence-corrected chi connectivity index (χ2v) is 5.59. The Labute approximate surface area is 126 Å². The number of nitrogens with one attached hydrogen (secondary N) is 1. The van der Waals surface area contributed by atoms with Crippen molar-refractivity contribution in [2.45, 2.75) is 25.8 Å². The van der Waals surface area contributed by atoms with Gasteiger partial charge < -0.3 is 19.5 Å². The van der Waals surface area contributed by atoms with Gasteiger partial charge in [-0.1, -0.05) is 6.42 Å². The Morgan fingerprint density at radius 1 is 1.14 bits per heavy atom. The smallest absolute Gasteiger partial charge is 0.231 e. The monoisotopic (exact) mass is 292 g/mol. The molecular formula is C16H24N2O3. The van der Waals surface area contributed by atoms with E-state index in [1.54, 1.807) is 0 Å². The lowest BCUT2D eigenvalue weighted by molar-refractivity contribution is 0.173. The molecule has 0 saturated carbocycles. The highest BCUT2D eigenvalue weighted by molar-refractivity contribution is 5.51. The van der Waals surface area contributed by atoms with Gasteiger partial charge in [0.2, 0.25) is 6.79 Å². The third-order valence-electron chi connectivity index (χ3n) is 4.04. The van der Waals surface area contributed by atoms with Gasteiger partial charge in [0.05, 0.1) is 0 Å². The van der Waals surface area contributed by atoms with Crippen molar-refractivity contribution in [3.05, 3.63) is 17.7 Å². The zero-order valence-corrected chi connectivity index (χ0v) is 12.7. The van der Waals surface area contributed by atoms with Gasteiger partial charge in [0.15, 0.2) is 11.5 Å². The van der Waals surface area contributed by atoms with Gasteiger partial charge in [-0.3, -0.25) is 4.90 Å². The van der Waals surface area contributed by atoms with Crippen LogP contribution in [-0.2, 0) is 6.54 Å². The van der Waals surface area contributed by atoms with Gasteiger partial charge in [-0.05, 0) is 39.0 Å². The Balaban J connectivity index is 1.60. The molecule has 5 heteroatoms. The summed E-state index contributed by atoms with van der Waals surface area (Å²) in [6, 6.07) is 3.96. The summed E-state index contributed by atoms with van der Waals surface area (Å²) in [7, 11) is 1.93. The van der Waals surface area contributed by atoms with Gasteiger partial charge in [0, 0.05) is 24.7 Å². The van der Waals surface area contributed by atoms with Gasteiger partial charge in [-0.2, -0.15) is 0 Å². The highest BCUT2D eigenvalue weighted by Crippen LogP contribution is 2.38. The molecule has 0 aromatic heterocycles. The van der Waals surface area contributed by atoms with Gasteiger partial charge >= 0.3 is 0 Å². The first-order valence-corrected chi connectivity index (χ1v) is 7.79. The van der Waals surface area contributed by atoms with Crippen LogP contribution in [0.2, 0.25) is 0 Å². The maximum Gasteiger partial charge on any atom is 0.231 e. The van der Waals surface area contributed by atoms with Crippen LogP contribution in [0.5, 0.6) is 17.2 Å². The average molecular weight is 292 g/mol. The van der Waals surface area contributed by atoms with E-state index in [-0.39, 0.29) is 0 Å². The van der Waals surface area contributed by atoms with Crippen molar-refractivity contribution in [1.82, 2.24) is 10.2 Å². The average Bonchev–Trinajstić information content (AvgIpc) is 2.96. The summed E-state index contributed by atoms with van der Waals surface area (Å²) in [4.78, 5) is 2.48. The standard InChI is InChI=1S/C16H24N2O3/c1-17-11-13-9-15-16(21-12-20-15)10-14(13)19-8-7-18-5-3-2-4-6-18/h9-10,17H,2-8,11-12H2,1H3. The topological polar surface area (TPSA) is 43.0 Å². The quantitative estimate of drug-likeness (QED) is 0.868. The molecule has 1 aromatic carbocycles. The molecule has 2 aliphatic heterocycles. The minimum absolute atomic E-state index is 0.297. The molecule has 1 aromatic rings. The number of benzene rings is 1. The zero-order valence-electron chi connectivity index (χ0n) is 12.7. The predicted molar refractivity (Wildman–Crippen MR) is 81.1 cm³/mol. The lowest BCUT2D eigenvalue weighted by Gasteiger charge is -2.26. The van der Waals surface area contributed by atoms with Gasteiger partial charge in [0.25, 0.3) is 0 Å². The largest absolute Gasteiger partial charge is 0.492 e. The molecule has 0 aliphatic carbocycles. The lowest BCUT2D eigenvalue weighted by atomic mass is 10.1. The van der Waals surface area contributed by atoms with E-state index in [4.69, 9.17) is 14.2 Å². The second-order valence-electron chi connectivity index (χ2n) is 5.59. The molecule has 116 valence electrons. The molecular weight excluding hydrogens is 268 g/mol. The van der Waals surface area contributed by atoms with E-state index in [2.05, 4.69) is 10.2 Å². The van der Waals surface area contributed by atoms with E-state index >= 15 is 0 Å². The third-order valence-corrected chi connectivity index (χ3v) is 4.04. The molecule has 1 fully saturated rings. The summed E-state index contributed by atoms with van der Waals surface area (Å²) in [5.74, 6) is 2.48. The molecule has 0 unspecified atom stereocenters. The highest BCUT2D eigenvalue weighted by Gasteiger charge is 2.18. The first-order valence-electron chi connectivity index (χ1n) is 7.79. The van der Waals surface area contributed by atoms with Crippen molar-refractivity contribution >= 4 is 0 Å². The zero-order chi connectivity index (χ0) is 14.5. The van der Waals surface area contributed by atoms with Crippen LogP contribution in [0.15, 0.2) is 12.1 Å². The van der Waals surface area contributed by atoms with E-state index in [0.29, 0.717) is 6.79 Å². The molecule has 0 atom stereocenters. The SMILES string of the molecule is CNCc1cc2c(cc1OCCN1CCCCC1)OCO2. The van der Waals surface area contributed by atoms with Crippen molar-refractivity contribution in [1.29, 1.82) is 0 Å². The van der Waals surface area contributed by atoms with Crippen LogP contribution >= 0.6 is 0 Å². The van der Waals surface area contributed by atoms with Crippen molar-refractivity contribution in [2.24, 2.45) is 0 Å². The molecule has 3 rings (SSSR count). The van der Waals surface area contributed by atoms with E-state index in [9.17, 15) is 0 Å². The van der Waals surface area contributed by atoms with Crippen LogP contribution in [0.3, 0.4) is 0 Å². The molecule has 1 saturated heterocycles. The van der Waals surface area contributed by atoms with Crippen molar-refractivity contribution < 1.29 is 14.2 Å². The summed E-state index contributed by atoms with van der Waals surface area (Å²) < 4.78 is 16.9. The van der Waals surface area contributed by atoms with Gasteiger partial charge in [-0.25, -0.2) is 0 Å². The Bertz CT molecular complexity index is 473. The van der Waals surface area contributed by atoms with Crippen LogP contribution in [0.25, 0.3) is 0 Å². The first kappa shape index (κ1) is 14.5. The van der Waals surface area contributed by atoms with Crippen LogP contribution in [-0.4, -0.2) is 45.0 Å². The van der Waals surface area contributed by atoms with Crippen LogP contribution in [0, 0.1) is 0 Å². The first-order chi connectivity index (χ1) is 10.4. The number of hydrogen-bond acceptors (Lipinski definition) is 5. The van der Waals surface area contributed by atoms with Crippen molar-refractivity contribution in [3.8, 4) is 17.2 Å². The summed E-state index contributed by atoms with van der Waals surface area (Å²) in [5, 5.41) is 3.17. The number of nitrogens with zero attached hydrogens (tertiary/aromatic N) is 1. The number of hydrogen-bond donors (Lipinski definition) is 1. The number of rotatable bonds is 6. The molecule has 0 amide bonds. The van der Waals surface area contributed by atoms with Crippen LogP contribution in [0.1, 0.15) is 24.8 Å². The summed E-state index contributed by atoms with van der Waals surface area (Å²) >= 11 is 0. The van der Waals surface area contributed by atoms with Crippen LogP contribution in [0.4, 0.5) is 0 Å². The van der Waals surface area contributed by atoms with Gasteiger partial charge in [0.1, 0.15) is 12.4 Å². The summed E-state index contributed by atoms with van der Waals surface area (Å²) in [6.45, 7) is 5.17. The molecule has 2 heterocycles. The summed E-state index contributed by atoms with van der Waals surface area (Å²) in [6.07, 6.45) is 4.00. The molecule has 21 heavy (non-hydrogen) atoms. The van der Waals surface area contributed by atoms with Crippen LogP contribution < -0.4 is 19.5 Å². The Kier molecular flexibility index (Phi) is 4.83. The van der Waals surface area contributed by atoms with E-state index < -0.39 is 0 Å². The van der Waals surface area contributed by atoms with Crippen molar-refractivity contribution in [3.63, 3.8) is 0 Å². The number of likely N-dealkylation sites (tertiary alicyclic amines) is 1. The number of ether oxygens (including phenoxy) is 3. The fourth-order valence-electron chi connectivity index (χ4n) is 2.90. The molecule has 5 nitrogen and oxygen atoms in total. The Hall–Kier alpha value is -1.46. The number of fused-ring (bicyclic) bond motifs is 1. The fraction of sp³-hybridized carbons (Fsp3) is 0.625. The highest BCUT2D eigenvalue weighted by atomic mass is 16.7. The molecule has 1 N–H and O–H groups in total. The fourth-order valence-corrected chi connectivity index (χ4v) is 2.90. The van der Waals surface area contributed by atoms with E-state index in [1.807, 2.05) is 19.2 Å². The molecule has 2 aliphatic rings. The minimum atomic E-state index is 0.297. The lowest BCUT2D eigenvalue weighted by Crippen LogP contribution is -2.33. The third kappa shape index (κ3) is 3.60. The minimum Gasteiger partial charge on any atom is -0.492 e. The Morgan fingerprint density at radius 2 is 1.90 bits per heavy atom. The van der Waals surface area contributed by atoms with E-state index in [1.165, 1.54) is 32.4 Å². The molecule has 0 spiro atoms. The van der Waals surface area contributed by atoms with Gasteiger partial charge in [-0.15, -0.1) is 0 Å². The normalized spacial score (nSPS) is 18.0. The summed E-state index contributed by atoms with van der Waals surface area (Å²) in [5.41, 5.74) is 1.11. The maximum atomic E-state index is 6.00. The van der Waals surface area contributed by atoms with E-state index in [0.717, 1.165) is 42.5 Å². The maximum absolute atomic E-state index is 6.00. The number of piperidine rings is 1. The van der Waals surface area contributed by atoms with Crippen molar-refractivity contribution in [2.75, 3.05) is 40.1 Å². The molecule has 0 radical (unpaired) electrons. The molecule has 0 bridgehead atoms. The predicted octanol–water partition coefficient (Wildman–Crippen LogP) is 2.00. The Morgan fingerprint density at radius 3 is 2.67 bits per heavy atom. The second kappa shape index (κ2) is 7.00.